The molecule has 5 nitrogen and oxygen atoms in total. The Morgan fingerprint density at radius 2 is 1.71 bits per heavy atom. The fourth-order valence-electron chi connectivity index (χ4n) is 2.06. The summed E-state index contributed by atoms with van der Waals surface area (Å²) < 4.78 is 24.3. The summed E-state index contributed by atoms with van der Waals surface area (Å²) in [5.74, 6) is 0.274. The summed E-state index contributed by atoms with van der Waals surface area (Å²) in [5, 5.41) is 10.1. The lowest BCUT2D eigenvalue weighted by Crippen LogP contribution is -2.19. The smallest absolute Gasteiger partial charge is 0.258 e. The van der Waals surface area contributed by atoms with E-state index in [4.69, 9.17) is 11.6 Å². The van der Waals surface area contributed by atoms with Crippen molar-refractivity contribution in [2.75, 3.05) is 11.5 Å². The van der Waals surface area contributed by atoms with E-state index >= 15 is 0 Å². The maximum atomic E-state index is 12.2. The van der Waals surface area contributed by atoms with E-state index in [-0.39, 0.29) is 17.2 Å². The quantitative estimate of drug-likeness (QED) is 0.298. The average Bonchev–Trinajstić information content (AvgIpc) is 2.53. The summed E-state index contributed by atoms with van der Waals surface area (Å²) in [4.78, 5) is 10.9. The van der Waals surface area contributed by atoms with Crippen molar-refractivity contribution in [3.05, 3.63) is 70.3 Å². The average molecular weight is 386 g/mol. The van der Waals surface area contributed by atoms with Gasteiger partial charge in [-0.2, -0.15) is 0 Å². The molecule has 8 heteroatoms. The van der Waals surface area contributed by atoms with Crippen LogP contribution in [0, 0.1) is 10.1 Å². The summed E-state index contributed by atoms with van der Waals surface area (Å²) in [6, 6.07) is 15.1. The Morgan fingerprint density at radius 3 is 2.29 bits per heavy atom. The van der Waals surface area contributed by atoms with Crippen LogP contribution in [0.2, 0.25) is 0 Å². The van der Waals surface area contributed by atoms with Crippen LogP contribution in [0.5, 0.6) is 0 Å². The van der Waals surface area contributed by atoms with Crippen LogP contribution in [0.25, 0.3) is 0 Å². The van der Waals surface area contributed by atoms with E-state index < -0.39 is 20.1 Å². The molecule has 2 rings (SSSR count). The van der Waals surface area contributed by atoms with Crippen LogP contribution in [-0.2, 0) is 15.6 Å². The van der Waals surface area contributed by atoms with Crippen molar-refractivity contribution >= 4 is 38.9 Å². The molecule has 2 aromatic rings. The molecule has 0 saturated heterocycles. The molecule has 0 heterocycles. The molecule has 0 spiro atoms. The van der Waals surface area contributed by atoms with Gasteiger partial charge < -0.3 is 0 Å². The van der Waals surface area contributed by atoms with Crippen LogP contribution >= 0.6 is 23.4 Å². The minimum absolute atomic E-state index is 0.0206. The summed E-state index contributed by atoms with van der Waals surface area (Å²) in [6.07, 6.45) is 0. The summed E-state index contributed by atoms with van der Waals surface area (Å²) in [6.45, 7) is 0. The first-order chi connectivity index (χ1) is 11.4. The Labute approximate surface area is 150 Å². The molecule has 0 bridgehead atoms. The van der Waals surface area contributed by atoms with E-state index in [9.17, 15) is 18.5 Å². The van der Waals surface area contributed by atoms with Crippen molar-refractivity contribution in [3.8, 4) is 0 Å². The lowest BCUT2D eigenvalue weighted by Gasteiger charge is -2.10. The first-order valence-corrected chi connectivity index (χ1v) is 10.4. The van der Waals surface area contributed by atoms with Gasteiger partial charge in [-0.25, -0.2) is 8.42 Å². The number of nitro groups is 1. The predicted molar refractivity (Wildman–Crippen MR) is 97.4 cm³/mol. The third-order valence-corrected chi connectivity index (χ3v) is 6.68. The molecule has 1 atom stereocenters. The highest BCUT2D eigenvalue weighted by Crippen LogP contribution is 2.24. The number of hydrogen-bond acceptors (Lipinski definition) is 5. The zero-order valence-corrected chi connectivity index (χ0v) is 15.1. The van der Waals surface area contributed by atoms with Crippen molar-refractivity contribution in [2.45, 2.75) is 16.0 Å². The zero-order valence-electron chi connectivity index (χ0n) is 12.7. The van der Waals surface area contributed by atoms with Crippen molar-refractivity contribution in [1.82, 2.24) is 0 Å². The predicted octanol–water partition coefficient (Wildman–Crippen LogP) is 3.91. The highest BCUT2D eigenvalue weighted by molar-refractivity contribution is 7.99. The molecular weight excluding hydrogens is 370 g/mol. The number of benzene rings is 2. The van der Waals surface area contributed by atoms with Crippen LogP contribution in [0.3, 0.4) is 0 Å². The minimum Gasteiger partial charge on any atom is -0.258 e. The summed E-state index contributed by atoms with van der Waals surface area (Å²) >= 11 is 7.53. The number of non-ortho nitro benzene ring substituents is 1. The van der Waals surface area contributed by atoms with Crippen LogP contribution in [0.15, 0.2) is 59.5 Å². The van der Waals surface area contributed by atoms with Crippen LogP contribution < -0.4 is 0 Å². The lowest BCUT2D eigenvalue weighted by molar-refractivity contribution is -0.384. The Bertz CT molecular complexity index is 779. The van der Waals surface area contributed by atoms with Crippen molar-refractivity contribution in [1.29, 1.82) is 0 Å². The van der Waals surface area contributed by atoms with Gasteiger partial charge in [0.2, 0.25) is 0 Å². The number of halogens is 1. The molecule has 0 amide bonds. The highest BCUT2D eigenvalue weighted by atomic mass is 35.5. The second kappa shape index (κ2) is 8.50. The molecule has 0 saturated carbocycles. The largest absolute Gasteiger partial charge is 0.269 e. The molecule has 2 aromatic carbocycles. The van der Waals surface area contributed by atoms with E-state index in [0.29, 0.717) is 5.75 Å². The first kappa shape index (κ1) is 18.8. The molecule has 0 aliphatic heterocycles. The Balaban J connectivity index is 1.86. The van der Waals surface area contributed by atoms with Gasteiger partial charge >= 0.3 is 0 Å². The Kier molecular flexibility index (Phi) is 6.65. The fourth-order valence-corrected chi connectivity index (χ4v) is 5.28. The zero-order chi connectivity index (χ0) is 17.6. The molecule has 1 unspecified atom stereocenters. The molecule has 0 aliphatic carbocycles. The van der Waals surface area contributed by atoms with E-state index in [1.165, 1.54) is 23.9 Å². The molecule has 0 aliphatic rings. The van der Waals surface area contributed by atoms with E-state index in [0.717, 1.165) is 10.5 Å². The van der Waals surface area contributed by atoms with E-state index in [1.54, 1.807) is 36.4 Å². The van der Waals surface area contributed by atoms with Gasteiger partial charge in [-0.1, -0.05) is 30.3 Å². The number of rotatable bonds is 8. The first-order valence-electron chi connectivity index (χ1n) is 7.11. The molecular formula is C16H16ClNO4S2. The van der Waals surface area contributed by atoms with Crippen LogP contribution in [0.1, 0.15) is 5.56 Å². The standard InChI is InChI=1S/C16H16ClNO4S2/c17-14(10-23-16-8-6-15(7-9-16)18(19)20)12-24(21,22)11-13-4-2-1-3-5-13/h1-9,14H,10-12H2. The number of alkyl halides is 1. The third-order valence-electron chi connectivity index (χ3n) is 3.14. The maximum absolute atomic E-state index is 12.2. The SMILES string of the molecule is O=[N+]([O-])c1ccc(SCC(Cl)CS(=O)(=O)Cc2ccccc2)cc1. The number of nitrogens with zero attached hydrogens (tertiary/aromatic N) is 1. The Hall–Kier alpha value is -1.57. The topological polar surface area (TPSA) is 77.3 Å². The van der Waals surface area contributed by atoms with Gasteiger partial charge in [-0.3, -0.25) is 10.1 Å². The number of thioether (sulfide) groups is 1. The summed E-state index contributed by atoms with van der Waals surface area (Å²) in [5.41, 5.74) is 0.761. The van der Waals surface area contributed by atoms with E-state index in [1.807, 2.05) is 6.07 Å². The van der Waals surface area contributed by atoms with Gasteiger partial charge in [-0.05, 0) is 17.7 Å². The third kappa shape index (κ3) is 6.14. The van der Waals surface area contributed by atoms with Crippen LogP contribution in [0.4, 0.5) is 5.69 Å². The van der Waals surface area contributed by atoms with Gasteiger partial charge in [-0.15, -0.1) is 23.4 Å². The van der Waals surface area contributed by atoms with Gasteiger partial charge in [0.1, 0.15) is 0 Å². The second-order valence-electron chi connectivity index (χ2n) is 5.20. The molecule has 24 heavy (non-hydrogen) atoms. The Morgan fingerprint density at radius 1 is 1.08 bits per heavy atom. The highest BCUT2D eigenvalue weighted by Gasteiger charge is 2.18. The van der Waals surface area contributed by atoms with Gasteiger partial charge in [0.05, 0.1) is 21.8 Å². The van der Waals surface area contributed by atoms with Crippen molar-refractivity contribution in [2.24, 2.45) is 0 Å². The molecule has 0 N–H and O–H groups in total. The minimum atomic E-state index is -3.29. The van der Waals surface area contributed by atoms with Gasteiger partial charge in [0.25, 0.3) is 5.69 Å². The van der Waals surface area contributed by atoms with Crippen molar-refractivity contribution in [3.63, 3.8) is 0 Å². The number of sulfone groups is 1. The van der Waals surface area contributed by atoms with Gasteiger partial charge in [0.15, 0.2) is 9.84 Å². The molecule has 0 aromatic heterocycles. The van der Waals surface area contributed by atoms with Crippen LogP contribution in [-0.4, -0.2) is 30.2 Å². The maximum Gasteiger partial charge on any atom is 0.269 e. The normalized spacial score (nSPS) is 12.7. The van der Waals surface area contributed by atoms with E-state index in [2.05, 4.69) is 0 Å². The number of nitro benzene ring substituents is 1. The molecule has 0 fully saturated rings. The van der Waals surface area contributed by atoms with Crippen molar-refractivity contribution < 1.29 is 13.3 Å². The van der Waals surface area contributed by atoms with Gasteiger partial charge in [0, 0.05) is 22.8 Å². The lowest BCUT2D eigenvalue weighted by atomic mass is 10.2. The second-order valence-corrected chi connectivity index (χ2v) is 9.02. The number of hydrogen-bond donors (Lipinski definition) is 0. The fraction of sp³-hybridized carbons (Fsp3) is 0.250. The molecule has 0 radical (unpaired) electrons. The molecule has 128 valence electrons. The monoisotopic (exact) mass is 385 g/mol. The summed E-state index contributed by atoms with van der Waals surface area (Å²) in [7, 11) is -3.29.